The lowest BCUT2D eigenvalue weighted by molar-refractivity contribution is -0.130. The van der Waals surface area contributed by atoms with Crippen LogP contribution in [-0.4, -0.2) is 61.5 Å². The normalized spacial score (nSPS) is 20.1. The minimum atomic E-state index is -0.696. The number of aryl methyl sites for hydroxylation is 1. The zero-order chi connectivity index (χ0) is 27.1. The first kappa shape index (κ1) is 27.0. The lowest BCUT2D eigenvalue weighted by Crippen LogP contribution is -2.51. The summed E-state index contributed by atoms with van der Waals surface area (Å²) in [6, 6.07) is 8.65. The molecule has 1 aliphatic rings. The van der Waals surface area contributed by atoms with Crippen molar-refractivity contribution in [1.29, 1.82) is 0 Å². The zero-order valence-electron chi connectivity index (χ0n) is 22.1. The first-order valence-corrected chi connectivity index (χ1v) is 13.1. The molecule has 0 fully saturated rings. The van der Waals surface area contributed by atoms with E-state index in [1.165, 1.54) is 12.6 Å². The Morgan fingerprint density at radius 1 is 1.16 bits per heavy atom. The highest BCUT2D eigenvalue weighted by Crippen LogP contribution is 2.20. The van der Waals surface area contributed by atoms with Crippen LogP contribution in [0, 0.1) is 12.8 Å². The van der Waals surface area contributed by atoms with Crippen LogP contribution in [0.4, 0.5) is 0 Å². The summed E-state index contributed by atoms with van der Waals surface area (Å²) in [4.78, 5) is 49.7. The van der Waals surface area contributed by atoms with Crippen molar-refractivity contribution >= 4 is 17.7 Å². The van der Waals surface area contributed by atoms with E-state index in [0.717, 1.165) is 12.0 Å². The lowest BCUT2D eigenvalue weighted by atomic mass is 9.97. The molecule has 0 saturated heterocycles. The van der Waals surface area contributed by atoms with Crippen LogP contribution in [0.15, 0.2) is 47.3 Å². The molecule has 1 aliphatic heterocycles. The minimum Gasteiger partial charge on any atom is -0.438 e. The van der Waals surface area contributed by atoms with Crippen LogP contribution >= 0.6 is 0 Å². The number of amides is 3. The third kappa shape index (κ3) is 6.64. The maximum absolute atomic E-state index is 13.6. The first-order valence-electron chi connectivity index (χ1n) is 13.1. The average Bonchev–Trinajstić information content (AvgIpc) is 3.58. The van der Waals surface area contributed by atoms with Gasteiger partial charge in [0.05, 0.1) is 18.8 Å². The summed E-state index contributed by atoms with van der Waals surface area (Å²) < 4.78 is 6.99. The molecule has 1 aromatic carbocycles. The first-order chi connectivity index (χ1) is 18.4. The van der Waals surface area contributed by atoms with Crippen LogP contribution in [0.2, 0.25) is 0 Å². The van der Waals surface area contributed by atoms with E-state index in [1.54, 1.807) is 16.5 Å². The van der Waals surface area contributed by atoms with Gasteiger partial charge in [-0.25, -0.2) is 14.6 Å². The van der Waals surface area contributed by atoms with Gasteiger partial charge < -0.3 is 20.0 Å². The van der Waals surface area contributed by atoms with Crippen LogP contribution in [-0.2, 0) is 22.6 Å². The summed E-state index contributed by atoms with van der Waals surface area (Å²) in [5.41, 5.74) is 1.03. The van der Waals surface area contributed by atoms with E-state index in [4.69, 9.17) is 4.42 Å². The second-order valence-corrected chi connectivity index (χ2v) is 9.68. The summed E-state index contributed by atoms with van der Waals surface area (Å²) in [5, 5.41) is 10.7. The molecule has 4 rings (SSSR count). The number of carbonyl (C=O) groups is 3. The Hall–Kier alpha value is -4.02. The van der Waals surface area contributed by atoms with Crippen molar-refractivity contribution in [2.24, 2.45) is 5.92 Å². The molecular weight excluding hydrogens is 486 g/mol. The molecule has 202 valence electrons. The van der Waals surface area contributed by atoms with Gasteiger partial charge >= 0.3 is 0 Å². The van der Waals surface area contributed by atoms with Crippen LogP contribution < -0.4 is 10.6 Å². The number of hydrogen-bond donors (Lipinski definition) is 2. The summed E-state index contributed by atoms with van der Waals surface area (Å²) in [6.07, 6.45) is 4.42. The molecule has 0 aliphatic carbocycles. The van der Waals surface area contributed by atoms with E-state index < -0.39 is 12.1 Å². The van der Waals surface area contributed by atoms with Gasteiger partial charge in [-0.3, -0.25) is 14.4 Å². The quantitative estimate of drug-likeness (QED) is 0.526. The zero-order valence-corrected chi connectivity index (χ0v) is 22.1. The van der Waals surface area contributed by atoms with Gasteiger partial charge in [0, 0.05) is 19.5 Å². The predicted molar refractivity (Wildman–Crippen MR) is 139 cm³/mol. The van der Waals surface area contributed by atoms with Crippen molar-refractivity contribution in [3.8, 4) is 0 Å². The summed E-state index contributed by atoms with van der Waals surface area (Å²) in [5.74, 6) is 0.438. The smallest absolute Gasteiger partial charge is 0.291 e. The van der Waals surface area contributed by atoms with Gasteiger partial charge in [0.2, 0.25) is 17.6 Å². The fourth-order valence-corrected chi connectivity index (χ4v) is 4.60. The van der Waals surface area contributed by atoms with Gasteiger partial charge in [-0.2, -0.15) is 5.10 Å². The molecule has 0 saturated carbocycles. The monoisotopic (exact) mass is 521 g/mol. The molecule has 3 amide bonds. The molecule has 11 nitrogen and oxygen atoms in total. The third-order valence-electron chi connectivity index (χ3n) is 6.87. The summed E-state index contributed by atoms with van der Waals surface area (Å²) in [6.45, 7) is 6.75. The van der Waals surface area contributed by atoms with Crippen LogP contribution in [0.3, 0.4) is 0 Å². The average molecular weight is 522 g/mol. The van der Waals surface area contributed by atoms with Gasteiger partial charge in [-0.1, -0.05) is 50.6 Å². The molecule has 0 unspecified atom stereocenters. The fourth-order valence-electron chi connectivity index (χ4n) is 4.60. The molecule has 3 heterocycles. The van der Waals surface area contributed by atoms with Crippen molar-refractivity contribution in [1.82, 2.24) is 35.3 Å². The van der Waals surface area contributed by atoms with Crippen molar-refractivity contribution in [3.63, 3.8) is 0 Å². The highest BCUT2D eigenvalue weighted by molar-refractivity contribution is 5.91. The molecule has 0 spiro atoms. The number of benzene rings is 1. The lowest BCUT2D eigenvalue weighted by Gasteiger charge is -2.28. The predicted octanol–water partition coefficient (Wildman–Crippen LogP) is 2.44. The van der Waals surface area contributed by atoms with Crippen LogP contribution in [0.5, 0.6) is 0 Å². The molecule has 38 heavy (non-hydrogen) atoms. The van der Waals surface area contributed by atoms with Crippen molar-refractivity contribution in [3.05, 3.63) is 65.9 Å². The number of aromatic nitrogens is 4. The van der Waals surface area contributed by atoms with Crippen molar-refractivity contribution < 1.29 is 18.8 Å². The van der Waals surface area contributed by atoms with E-state index in [1.807, 2.05) is 44.2 Å². The maximum Gasteiger partial charge on any atom is 0.291 e. The number of carbonyl (C=O) groups excluding carboxylic acids is 3. The Labute approximate surface area is 222 Å². The number of rotatable bonds is 5. The Kier molecular flexibility index (Phi) is 8.88. The Morgan fingerprint density at radius 3 is 2.66 bits per heavy atom. The Morgan fingerprint density at radius 2 is 1.95 bits per heavy atom. The fraction of sp³-hybridized carbons (Fsp3) is 0.481. The molecular formula is C27H35N7O4. The van der Waals surface area contributed by atoms with E-state index in [2.05, 4.69) is 25.7 Å². The van der Waals surface area contributed by atoms with Gasteiger partial charge in [0.1, 0.15) is 17.7 Å². The van der Waals surface area contributed by atoms with Gasteiger partial charge in [-0.05, 0) is 31.2 Å². The highest BCUT2D eigenvalue weighted by atomic mass is 16.3. The number of fused-ring (bicyclic) bond motifs is 1. The van der Waals surface area contributed by atoms with Crippen LogP contribution in [0.1, 0.15) is 66.9 Å². The Bertz CT molecular complexity index is 1230. The SMILES string of the molecule is CC[C@H](C)[C@@H]1NC(=O)CCCN(C(=O)c2cnco2)CCn2nc(C)nc2[C@H](Cc2ccccc2)NC1=O. The molecule has 0 bridgehead atoms. The van der Waals surface area contributed by atoms with E-state index in [-0.39, 0.29) is 35.8 Å². The molecule has 3 atom stereocenters. The largest absolute Gasteiger partial charge is 0.438 e. The standard InChI is InChI=1S/C27H35N7O4/c1-4-18(2)24-26(36)30-21(15-20-9-6-5-7-10-20)25-29-19(3)32-34(25)14-13-33(12-8-11-23(35)31-24)27(37)22-16-28-17-38-22/h5-7,9-10,16-18,21,24H,4,8,11-15H2,1-3H3,(H,30,36)(H,31,35)/t18-,21-,24-/m0/s1. The highest BCUT2D eigenvalue weighted by Gasteiger charge is 2.31. The number of oxazole rings is 1. The molecule has 2 N–H and O–H groups in total. The second kappa shape index (κ2) is 12.5. The number of nitrogens with one attached hydrogen (secondary N) is 2. The minimum absolute atomic E-state index is 0.0756. The molecule has 11 heteroatoms. The molecule has 2 aromatic heterocycles. The summed E-state index contributed by atoms with van der Waals surface area (Å²) in [7, 11) is 0. The van der Waals surface area contributed by atoms with E-state index in [9.17, 15) is 14.4 Å². The maximum atomic E-state index is 13.6. The van der Waals surface area contributed by atoms with Gasteiger partial charge in [-0.15, -0.1) is 0 Å². The third-order valence-corrected chi connectivity index (χ3v) is 6.87. The summed E-state index contributed by atoms with van der Waals surface area (Å²) >= 11 is 0. The number of hydrogen-bond acceptors (Lipinski definition) is 7. The van der Waals surface area contributed by atoms with Crippen molar-refractivity contribution in [2.45, 2.75) is 65.1 Å². The van der Waals surface area contributed by atoms with E-state index in [0.29, 0.717) is 44.1 Å². The molecule has 0 radical (unpaired) electrons. The van der Waals surface area contributed by atoms with Crippen LogP contribution in [0.25, 0.3) is 0 Å². The molecule has 3 aromatic rings. The van der Waals surface area contributed by atoms with E-state index >= 15 is 0 Å². The van der Waals surface area contributed by atoms with Crippen molar-refractivity contribution in [2.75, 3.05) is 13.1 Å². The Balaban J connectivity index is 1.70. The number of nitrogens with zero attached hydrogens (tertiary/aromatic N) is 5. The topological polar surface area (TPSA) is 135 Å². The van der Waals surface area contributed by atoms with Gasteiger partial charge in [0.25, 0.3) is 5.91 Å². The second-order valence-electron chi connectivity index (χ2n) is 9.68. The van der Waals surface area contributed by atoms with Gasteiger partial charge in [0.15, 0.2) is 6.39 Å².